The smallest absolute Gasteiger partial charge is 0.416 e. The van der Waals surface area contributed by atoms with Crippen LogP contribution in [-0.4, -0.2) is 18.2 Å². The van der Waals surface area contributed by atoms with E-state index in [2.05, 4.69) is 0 Å². The Labute approximate surface area is 160 Å². The minimum atomic E-state index is -4.40. The van der Waals surface area contributed by atoms with E-state index in [0.29, 0.717) is 22.4 Å². The highest BCUT2D eigenvalue weighted by Gasteiger charge is 2.30. The fourth-order valence-electron chi connectivity index (χ4n) is 3.05. The number of aromatic carboxylic acids is 1. The molecule has 28 heavy (non-hydrogen) atoms. The number of alkyl halides is 3. The summed E-state index contributed by atoms with van der Waals surface area (Å²) in [6, 6.07) is 15.4. The minimum Gasteiger partial charge on any atom is -0.496 e. The van der Waals surface area contributed by atoms with Crippen LogP contribution in [0.4, 0.5) is 13.2 Å². The number of methoxy groups -OCH3 is 1. The van der Waals surface area contributed by atoms with Crippen LogP contribution in [0.15, 0.2) is 60.7 Å². The third-order valence-electron chi connectivity index (χ3n) is 4.51. The number of rotatable bonds is 4. The van der Waals surface area contributed by atoms with Gasteiger partial charge in [0, 0.05) is 5.56 Å². The fraction of sp³-hybridized carbons (Fsp3) is 0.136. The van der Waals surface area contributed by atoms with E-state index in [0.717, 1.165) is 23.3 Å². The summed E-state index contributed by atoms with van der Waals surface area (Å²) in [4.78, 5) is 11.0. The number of carbonyl (C=O) groups is 1. The van der Waals surface area contributed by atoms with Gasteiger partial charge in [-0.1, -0.05) is 24.3 Å². The van der Waals surface area contributed by atoms with E-state index < -0.39 is 17.7 Å². The van der Waals surface area contributed by atoms with Crippen LogP contribution in [0.5, 0.6) is 5.75 Å². The van der Waals surface area contributed by atoms with E-state index in [1.54, 1.807) is 25.1 Å². The molecule has 0 aliphatic rings. The van der Waals surface area contributed by atoms with Gasteiger partial charge in [-0.2, -0.15) is 13.2 Å². The number of halogens is 3. The van der Waals surface area contributed by atoms with Crippen molar-refractivity contribution in [2.24, 2.45) is 0 Å². The molecule has 0 atom stereocenters. The van der Waals surface area contributed by atoms with Crippen LogP contribution in [-0.2, 0) is 6.18 Å². The number of carboxylic acids is 1. The van der Waals surface area contributed by atoms with Crippen molar-refractivity contribution in [1.29, 1.82) is 0 Å². The second-order valence-corrected chi connectivity index (χ2v) is 6.33. The molecule has 0 bridgehead atoms. The van der Waals surface area contributed by atoms with Gasteiger partial charge in [-0.15, -0.1) is 0 Å². The summed E-state index contributed by atoms with van der Waals surface area (Å²) >= 11 is 0. The molecule has 0 aliphatic carbocycles. The number of hydrogen-bond donors (Lipinski definition) is 1. The topological polar surface area (TPSA) is 46.5 Å². The molecule has 0 fully saturated rings. The van der Waals surface area contributed by atoms with Gasteiger partial charge in [0.05, 0.1) is 18.2 Å². The van der Waals surface area contributed by atoms with Crippen LogP contribution in [0.3, 0.4) is 0 Å². The molecule has 0 aromatic heterocycles. The molecule has 1 N–H and O–H groups in total. The molecule has 3 nitrogen and oxygen atoms in total. The predicted molar refractivity (Wildman–Crippen MR) is 101 cm³/mol. The van der Waals surface area contributed by atoms with Crippen LogP contribution in [0, 0.1) is 6.92 Å². The zero-order chi connectivity index (χ0) is 20.5. The number of hydrogen-bond acceptors (Lipinski definition) is 2. The monoisotopic (exact) mass is 386 g/mol. The van der Waals surface area contributed by atoms with Gasteiger partial charge in [0.25, 0.3) is 0 Å². The number of carboxylic acid groups (broad SMARTS) is 1. The Morgan fingerprint density at radius 2 is 1.54 bits per heavy atom. The van der Waals surface area contributed by atoms with E-state index in [1.165, 1.54) is 25.3 Å². The number of ether oxygens (including phenoxy) is 1. The maximum atomic E-state index is 13.0. The van der Waals surface area contributed by atoms with Gasteiger partial charge in [-0.05, 0) is 65.6 Å². The first-order chi connectivity index (χ1) is 13.2. The average molecular weight is 386 g/mol. The average Bonchev–Trinajstić information content (AvgIpc) is 2.67. The molecule has 0 spiro atoms. The van der Waals surface area contributed by atoms with Crippen molar-refractivity contribution in [3.63, 3.8) is 0 Å². The van der Waals surface area contributed by atoms with E-state index in [4.69, 9.17) is 9.84 Å². The number of aryl methyl sites for hydroxylation is 1. The zero-order valence-corrected chi connectivity index (χ0v) is 15.2. The third-order valence-corrected chi connectivity index (χ3v) is 4.51. The maximum absolute atomic E-state index is 13.0. The van der Waals surface area contributed by atoms with Crippen molar-refractivity contribution in [2.45, 2.75) is 13.1 Å². The van der Waals surface area contributed by atoms with Crippen molar-refractivity contribution in [3.05, 3.63) is 77.4 Å². The molecule has 0 amide bonds. The maximum Gasteiger partial charge on any atom is 0.416 e. The Kier molecular flexibility index (Phi) is 5.14. The van der Waals surface area contributed by atoms with Crippen LogP contribution < -0.4 is 4.74 Å². The summed E-state index contributed by atoms with van der Waals surface area (Å²) in [5, 5.41) is 9.02. The highest BCUT2D eigenvalue weighted by Crippen LogP contribution is 2.38. The molecule has 0 unspecified atom stereocenters. The van der Waals surface area contributed by atoms with Crippen LogP contribution in [0.25, 0.3) is 22.3 Å². The summed E-state index contributed by atoms with van der Waals surface area (Å²) in [5.41, 5.74) is 2.84. The summed E-state index contributed by atoms with van der Waals surface area (Å²) in [7, 11) is 1.50. The largest absolute Gasteiger partial charge is 0.496 e. The molecule has 0 heterocycles. The van der Waals surface area contributed by atoms with E-state index in [9.17, 15) is 18.0 Å². The first kappa shape index (κ1) is 19.5. The molecule has 6 heteroatoms. The van der Waals surface area contributed by atoms with Crippen molar-refractivity contribution < 1.29 is 27.8 Å². The fourth-order valence-corrected chi connectivity index (χ4v) is 3.05. The molecule has 3 aromatic rings. The van der Waals surface area contributed by atoms with Crippen LogP contribution >= 0.6 is 0 Å². The first-order valence-electron chi connectivity index (χ1n) is 8.40. The standard InChI is InChI=1S/C22H17F3O3/c1-13-11-17(22(23,24)25)8-9-18(13)19-12-16(7-10-20(19)28-2)14-3-5-15(6-4-14)21(26)27/h3-12H,1-2H3,(H,26,27). The minimum absolute atomic E-state index is 0.177. The van der Waals surface area contributed by atoms with E-state index >= 15 is 0 Å². The van der Waals surface area contributed by atoms with E-state index in [-0.39, 0.29) is 5.56 Å². The van der Waals surface area contributed by atoms with Gasteiger partial charge in [-0.3, -0.25) is 0 Å². The predicted octanol–water partition coefficient (Wildman–Crippen LogP) is 6.05. The second-order valence-electron chi connectivity index (χ2n) is 6.33. The Morgan fingerprint density at radius 3 is 2.07 bits per heavy atom. The van der Waals surface area contributed by atoms with Crippen molar-refractivity contribution in [2.75, 3.05) is 7.11 Å². The summed E-state index contributed by atoms with van der Waals surface area (Å²) < 4.78 is 44.3. The zero-order valence-electron chi connectivity index (χ0n) is 15.2. The van der Waals surface area contributed by atoms with Gasteiger partial charge in [-0.25, -0.2) is 4.79 Å². The normalized spacial score (nSPS) is 11.3. The molecule has 0 saturated carbocycles. The molecule has 0 aliphatic heterocycles. The Balaban J connectivity index is 2.08. The first-order valence-corrected chi connectivity index (χ1v) is 8.40. The lowest BCUT2D eigenvalue weighted by molar-refractivity contribution is -0.137. The summed E-state index contributed by atoms with van der Waals surface area (Å²) in [6.07, 6.45) is -4.40. The molecule has 0 radical (unpaired) electrons. The van der Waals surface area contributed by atoms with Gasteiger partial charge in [0.15, 0.2) is 0 Å². The summed E-state index contributed by atoms with van der Waals surface area (Å²) in [5.74, 6) is -0.476. The van der Waals surface area contributed by atoms with Gasteiger partial charge >= 0.3 is 12.1 Å². The van der Waals surface area contributed by atoms with Crippen molar-refractivity contribution in [3.8, 4) is 28.0 Å². The molecule has 0 saturated heterocycles. The van der Waals surface area contributed by atoms with Crippen LogP contribution in [0.1, 0.15) is 21.5 Å². The highest BCUT2D eigenvalue weighted by molar-refractivity contribution is 5.88. The Hall–Kier alpha value is -3.28. The van der Waals surface area contributed by atoms with E-state index in [1.807, 2.05) is 12.1 Å². The lowest BCUT2D eigenvalue weighted by atomic mass is 9.94. The van der Waals surface area contributed by atoms with Crippen LogP contribution in [0.2, 0.25) is 0 Å². The third kappa shape index (κ3) is 3.86. The van der Waals surface area contributed by atoms with Gasteiger partial charge in [0.2, 0.25) is 0 Å². The highest BCUT2D eigenvalue weighted by atomic mass is 19.4. The number of benzene rings is 3. The second kappa shape index (κ2) is 7.38. The van der Waals surface area contributed by atoms with Crippen molar-refractivity contribution >= 4 is 5.97 Å². The Morgan fingerprint density at radius 1 is 0.893 bits per heavy atom. The SMILES string of the molecule is COc1ccc(-c2ccc(C(=O)O)cc2)cc1-c1ccc(C(F)(F)F)cc1C. The van der Waals surface area contributed by atoms with Gasteiger partial charge in [0.1, 0.15) is 5.75 Å². The lowest BCUT2D eigenvalue weighted by Crippen LogP contribution is -2.05. The van der Waals surface area contributed by atoms with Crippen molar-refractivity contribution in [1.82, 2.24) is 0 Å². The molecular formula is C22H17F3O3. The summed E-state index contributed by atoms with van der Waals surface area (Å²) in [6.45, 7) is 1.62. The molecule has 3 aromatic carbocycles. The molecule has 144 valence electrons. The quantitative estimate of drug-likeness (QED) is 0.593. The molecular weight excluding hydrogens is 369 g/mol. The Bertz CT molecular complexity index is 1020. The molecule has 3 rings (SSSR count). The van der Waals surface area contributed by atoms with Gasteiger partial charge < -0.3 is 9.84 Å². The lowest BCUT2D eigenvalue weighted by Gasteiger charge is -2.15.